The van der Waals surface area contributed by atoms with Gasteiger partial charge in [-0.2, -0.15) is 0 Å². The molecule has 0 aliphatic carbocycles. The van der Waals surface area contributed by atoms with Gasteiger partial charge < -0.3 is 9.47 Å². The summed E-state index contributed by atoms with van der Waals surface area (Å²) in [6.45, 7) is 1.67. The summed E-state index contributed by atoms with van der Waals surface area (Å²) in [5, 5.41) is 0. The van der Waals surface area contributed by atoms with Gasteiger partial charge in [0, 0.05) is 19.4 Å². The fourth-order valence-electron chi connectivity index (χ4n) is 2.69. The highest BCUT2D eigenvalue weighted by Gasteiger charge is 2.17. The van der Waals surface area contributed by atoms with Crippen molar-refractivity contribution < 1.29 is 14.3 Å². The van der Waals surface area contributed by atoms with Crippen molar-refractivity contribution in [1.82, 2.24) is 9.38 Å². The summed E-state index contributed by atoms with van der Waals surface area (Å²) in [7, 11) is 1.39. The quantitative estimate of drug-likeness (QED) is 0.804. The SMILES string of the molecule is COC(=O)c1cccc2nc(CC3CCCOC3)cn12. The van der Waals surface area contributed by atoms with Gasteiger partial charge in [-0.3, -0.25) is 4.40 Å². The van der Waals surface area contributed by atoms with Crippen LogP contribution in [0, 0.1) is 5.92 Å². The summed E-state index contributed by atoms with van der Waals surface area (Å²) in [5.41, 5.74) is 2.28. The summed E-state index contributed by atoms with van der Waals surface area (Å²) < 4.78 is 12.1. The number of esters is 1. The van der Waals surface area contributed by atoms with Crippen molar-refractivity contribution in [3.63, 3.8) is 0 Å². The Labute approximate surface area is 117 Å². The molecule has 1 saturated heterocycles. The number of hydrogen-bond donors (Lipinski definition) is 0. The third kappa shape index (κ3) is 2.54. The van der Waals surface area contributed by atoms with E-state index in [0.29, 0.717) is 11.6 Å². The van der Waals surface area contributed by atoms with Crippen LogP contribution in [0.25, 0.3) is 5.65 Å². The maximum absolute atomic E-state index is 11.7. The molecule has 0 aromatic carbocycles. The lowest BCUT2D eigenvalue weighted by atomic mass is 9.97. The zero-order chi connectivity index (χ0) is 13.9. The summed E-state index contributed by atoms with van der Waals surface area (Å²) in [6.07, 6.45) is 5.11. The van der Waals surface area contributed by atoms with E-state index in [1.807, 2.05) is 18.3 Å². The van der Waals surface area contributed by atoms with Gasteiger partial charge in [-0.05, 0) is 37.3 Å². The van der Waals surface area contributed by atoms with Crippen molar-refractivity contribution in [3.8, 4) is 0 Å². The number of imidazole rings is 1. The van der Waals surface area contributed by atoms with Gasteiger partial charge in [0.1, 0.15) is 11.3 Å². The number of hydrogen-bond acceptors (Lipinski definition) is 4. The highest BCUT2D eigenvalue weighted by atomic mass is 16.5. The molecule has 2 aromatic heterocycles. The minimum absolute atomic E-state index is 0.347. The number of nitrogens with zero attached hydrogens (tertiary/aromatic N) is 2. The molecule has 1 aliphatic heterocycles. The first-order valence-corrected chi connectivity index (χ1v) is 6.91. The summed E-state index contributed by atoms with van der Waals surface area (Å²) in [4.78, 5) is 16.3. The number of fused-ring (bicyclic) bond motifs is 1. The van der Waals surface area contributed by atoms with Crippen molar-refractivity contribution in [2.75, 3.05) is 20.3 Å². The van der Waals surface area contributed by atoms with Crippen LogP contribution in [-0.2, 0) is 15.9 Å². The van der Waals surface area contributed by atoms with E-state index in [4.69, 9.17) is 9.47 Å². The largest absolute Gasteiger partial charge is 0.464 e. The first-order valence-electron chi connectivity index (χ1n) is 6.91. The van der Waals surface area contributed by atoms with Crippen molar-refractivity contribution in [3.05, 3.63) is 35.8 Å². The van der Waals surface area contributed by atoms with Crippen LogP contribution >= 0.6 is 0 Å². The molecule has 0 amide bonds. The first-order chi connectivity index (χ1) is 9.78. The standard InChI is InChI=1S/C15H18N2O3/c1-19-15(18)13-5-2-6-14-16-12(9-17(13)14)8-11-4-3-7-20-10-11/h2,5-6,9,11H,3-4,7-8,10H2,1H3. The predicted molar refractivity (Wildman–Crippen MR) is 73.8 cm³/mol. The number of carbonyl (C=O) groups excluding carboxylic acids is 1. The molecule has 0 radical (unpaired) electrons. The van der Waals surface area contributed by atoms with Gasteiger partial charge in [-0.15, -0.1) is 0 Å². The van der Waals surface area contributed by atoms with Gasteiger partial charge in [-0.1, -0.05) is 6.07 Å². The zero-order valence-electron chi connectivity index (χ0n) is 11.5. The van der Waals surface area contributed by atoms with Crippen molar-refractivity contribution >= 4 is 11.6 Å². The Bertz CT molecular complexity index is 615. The lowest BCUT2D eigenvalue weighted by Crippen LogP contribution is -2.19. The third-order valence-corrected chi connectivity index (χ3v) is 3.69. The molecule has 1 unspecified atom stereocenters. The number of methoxy groups -OCH3 is 1. The monoisotopic (exact) mass is 274 g/mol. The van der Waals surface area contributed by atoms with E-state index in [2.05, 4.69) is 4.98 Å². The maximum Gasteiger partial charge on any atom is 0.355 e. The maximum atomic E-state index is 11.7. The second-order valence-electron chi connectivity index (χ2n) is 5.15. The summed E-state index contributed by atoms with van der Waals surface area (Å²) >= 11 is 0. The molecule has 0 saturated carbocycles. The van der Waals surface area contributed by atoms with Crippen LogP contribution in [0.15, 0.2) is 24.4 Å². The topological polar surface area (TPSA) is 52.8 Å². The van der Waals surface area contributed by atoms with E-state index >= 15 is 0 Å². The second-order valence-corrected chi connectivity index (χ2v) is 5.15. The molecular weight excluding hydrogens is 256 g/mol. The third-order valence-electron chi connectivity index (χ3n) is 3.69. The van der Waals surface area contributed by atoms with E-state index in [-0.39, 0.29) is 5.97 Å². The van der Waals surface area contributed by atoms with E-state index in [0.717, 1.165) is 37.4 Å². The Morgan fingerprint density at radius 3 is 3.20 bits per heavy atom. The van der Waals surface area contributed by atoms with E-state index in [9.17, 15) is 4.79 Å². The predicted octanol–water partition coefficient (Wildman–Crippen LogP) is 2.09. The number of pyridine rings is 1. The van der Waals surface area contributed by atoms with Gasteiger partial charge in [0.2, 0.25) is 0 Å². The highest BCUT2D eigenvalue weighted by Crippen LogP contribution is 2.19. The van der Waals surface area contributed by atoms with Crippen LogP contribution in [0.3, 0.4) is 0 Å². The van der Waals surface area contributed by atoms with Crippen LogP contribution < -0.4 is 0 Å². The fourth-order valence-corrected chi connectivity index (χ4v) is 2.69. The molecule has 0 spiro atoms. The molecule has 1 atom stereocenters. The minimum atomic E-state index is -0.347. The molecule has 0 N–H and O–H groups in total. The van der Waals surface area contributed by atoms with Crippen LogP contribution in [-0.4, -0.2) is 35.7 Å². The molecule has 2 aromatic rings. The van der Waals surface area contributed by atoms with Crippen LogP contribution in [0.4, 0.5) is 0 Å². The summed E-state index contributed by atoms with van der Waals surface area (Å²) in [5.74, 6) is 0.177. The Kier molecular flexibility index (Phi) is 3.69. The molecule has 1 aliphatic rings. The number of ether oxygens (including phenoxy) is 2. The molecule has 20 heavy (non-hydrogen) atoms. The molecule has 3 rings (SSSR count). The average molecular weight is 274 g/mol. The number of aromatic nitrogens is 2. The van der Waals surface area contributed by atoms with Gasteiger partial charge in [0.25, 0.3) is 0 Å². The molecular formula is C15H18N2O3. The van der Waals surface area contributed by atoms with Crippen molar-refractivity contribution in [2.24, 2.45) is 5.92 Å². The number of rotatable bonds is 3. The minimum Gasteiger partial charge on any atom is -0.464 e. The number of carbonyl (C=O) groups is 1. The van der Waals surface area contributed by atoms with E-state index in [1.54, 1.807) is 10.5 Å². The molecule has 106 valence electrons. The lowest BCUT2D eigenvalue weighted by Gasteiger charge is -2.20. The van der Waals surface area contributed by atoms with Gasteiger partial charge in [0.05, 0.1) is 12.8 Å². The zero-order valence-corrected chi connectivity index (χ0v) is 11.5. The Hall–Kier alpha value is -1.88. The average Bonchev–Trinajstić information content (AvgIpc) is 2.89. The summed E-state index contributed by atoms with van der Waals surface area (Å²) in [6, 6.07) is 5.46. The lowest BCUT2D eigenvalue weighted by molar-refractivity contribution is 0.0547. The molecule has 0 bridgehead atoms. The first kappa shape index (κ1) is 13.1. The molecule has 1 fully saturated rings. The van der Waals surface area contributed by atoms with E-state index < -0.39 is 0 Å². The van der Waals surface area contributed by atoms with Crippen LogP contribution in [0.5, 0.6) is 0 Å². The highest BCUT2D eigenvalue weighted by molar-refractivity contribution is 5.88. The van der Waals surface area contributed by atoms with Gasteiger partial charge >= 0.3 is 5.97 Å². The second kappa shape index (κ2) is 5.63. The van der Waals surface area contributed by atoms with Gasteiger partial charge in [0.15, 0.2) is 0 Å². The smallest absolute Gasteiger partial charge is 0.355 e. The van der Waals surface area contributed by atoms with Crippen molar-refractivity contribution in [1.29, 1.82) is 0 Å². The van der Waals surface area contributed by atoms with Crippen LogP contribution in [0.2, 0.25) is 0 Å². The Balaban J connectivity index is 1.88. The molecule has 3 heterocycles. The van der Waals surface area contributed by atoms with Crippen molar-refractivity contribution in [2.45, 2.75) is 19.3 Å². The molecule has 5 heteroatoms. The molecule has 5 nitrogen and oxygen atoms in total. The Morgan fingerprint density at radius 1 is 1.55 bits per heavy atom. The normalized spacial score (nSPS) is 19.1. The fraction of sp³-hybridized carbons (Fsp3) is 0.467. The van der Waals surface area contributed by atoms with Gasteiger partial charge in [-0.25, -0.2) is 9.78 Å². The van der Waals surface area contributed by atoms with Crippen LogP contribution in [0.1, 0.15) is 29.0 Å². The van der Waals surface area contributed by atoms with E-state index in [1.165, 1.54) is 13.5 Å². The Morgan fingerprint density at radius 2 is 2.45 bits per heavy atom.